The Bertz CT molecular complexity index is 976. The van der Waals surface area contributed by atoms with Crippen LogP contribution in [-0.4, -0.2) is 5.91 Å². The third-order valence-corrected chi connectivity index (χ3v) is 5.16. The van der Waals surface area contributed by atoms with Gasteiger partial charge in [0, 0.05) is 16.7 Å². The van der Waals surface area contributed by atoms with Gasteiger partial charge >= 0.3 is 0 Å². The number of nitriles is 1. The molecule has 0 saturated carbocycles. The maximum absolute atomic E-state index is 12.3. The Balaban J connectivity index is 1.78. The molecule has 2 aromatic carbocycles. The molecule has 1 aromatic heterocycles. The summed E-state index contributed by atoms with van der Waals surface area (Å²) in [6, 6.07) is 22.4. The van der Waals surface area contributed by atoms with Crippen molar-refractivity contribution in [3.8, 4) is 6.07 Å². The first-order valence-electron chi connectivity index (χ1n) is 7.66. The minimum atomic E-state index is -0.483. The van der Waals surface area contributed by atoms with E-state index in [0.29, 0.717) is 16.5 Å². The zero-order chi connectivity index (χ0) is 18.4. The number of furan rings is 1. The number of hydrogen-bond acceptors (Lipinski definition) is 4. The monoisotopic (exact) mass is 424 g/mol. The van der Waals surface area contributed by atoms with Gasteiger partial charge in [0.05, 0.1) is 4.47 Å². The Labute approximate surface area is 163 Å². The average molecular weight is 425 g/mol. The molecule has 1 amide bonds. The summed E-state index contributed by atoms with van der Waals surface area (Å²) in [5.74, 6) is -0.0569. The van der Waals surface area contributed by atoms with E-state index < -0.39 is 5.91 Å². The van der Waals surface area contributed by atoms with Gasteiger partial charge < -0.3 is 9.73 Å². The van der Waals surface area contributed by atoms with Crippen molar-refractivity contribution in [2.75, 3.05) is 5.32 Å². The Hall–Kier alpha value is -2.75. The Morgan fingerprint density at radius 2 is 1.77 bits per heavy atom. The highest BCUT2D eigenvalue weighted by Gasteiger charge is 2.14. The zero-order valence-electron chi connectivity index (χ0n) is 13.5. The molecule has 0 radical (unpaired) electrons. The SMILES string of the molecule is N#C/C(=C/c1cc(Br)c(Sc2ccccc2)o1)C(=O)Nc1ccccc1. The highest BCUT2D eigenvalue weighted by Crippen LogP contribution is 2.36. The topological polar surface area (TPSA) is 66.0 Å². The summed E-state index contributed by atoms with van der Waals surface area (Å²) in [7, 11) is 0. The number of carbonyl (C=O) groups is 1. The third kappa shape index (κ3) is 4.66. The van der Waals surface area contributed by atoms with Gasteiger partial charge in [0.2, 0.25) is 0 Å². The van der Waals surface area contributed by atoms with Crippen LogP contribution >= 0.6 is 27.7 Å². The number of amides is 1. The molecule has 4 nitrogen and oxygen atoms in total. The molecule has 0 unspecified atom stereocenters. The van der Waals surface area contributed by atoms with Crippen molar-refractivity contribution < 1.29 is 9.21 Å². The van der Waals surface area contributed by atoms with Crippen molar-refractivity contribution in [2.24, 2.45) is 0 Å². The lowest BCUT2D eigenvalue weighted by Crippen LogP contribution is -2.13. The van der Waals surface area contributed by atoms with E-state index in [2.05, 4.69) is 21.2 Å². The first kappa shape index (κ1) is 18.1. The standard InChI is InChI=1S/C20H13BrN2O2S/c21-18-12-16(25-20(18)26-17-9-5-2-6-10-17)11-14(13-22)19(24)23-15-7-3-1-4-8-15/h1-12H,(H,23,24)/b14-11-. The van der Waals surface area contributed by atoms with Crippen LogP contribution in [0.15, 0.2) is 91.2 Å². The van der Waals surface area contributed by atoms with Gasteiger partial charge in [-0.25, -0.2) is 0 Å². The van der Waals surface area contributed by atoms with Crippen LogP contribution in [0.3, 0.4) is 0 Å². The minimum Gasteiger partial charge on any atom is -0.449 e. The zero-order valence-corrected chi connectivity index (χ0v) is 15.9. The molecule has 3 rings (SSSR count). The number of nitrogens with one attached hydrogen (secondary N) is 1. The number of hydrogen-bond donors (Lipinski definition) is 1. The number of carbonyl (C=O) groups excluding carboxylic acids is 1. The van der Waals surface area contributed by atoms with Crippen LogP contribution in [0.4, 0.5) is 5.69 Å². The van der Waals surface area contributed by atoms with Crippen molar-refractivity contribution in [2.45, 2.75) is 9.99 Å². The lowest BCUT2D eigenvalue weighted by molar-refractivity contribution is -0.112. The van der Waals surface area contributed by atoms with E-state index in [-0.39, 0.29) is 5.57 Å². The molecule has 0 fully saturated rings. The molecule has 0 aliphatic heterocycles. The fraction of sp³-hybridized carbons (Fsp3) is 0. The van der Waals surface area contributed by atoms with E-state index >= 15 is 0 Å². The summed E-state index contributed by atoms with van der Waals surface area (Å²) in [5, 5.41) is 12.7. The van der Waals surface area contributed by atoms with E-state index in [1.807, 2.05) is 54.6 Å². The van der Waals surface area contributed by atoms with Gasteiger partial charge in [0.25, 0.3) is 5.91 Å². The molecule has 6 heteroatoms. The minimum absolute atomic E-state index is 0.0358. The highest BCUT2D eigenvalue weighted by atomic mass is 79.9. The quantitative estimate of drug-likeness (QED) is 0.418. The van der Waals surface area contributed by atoms with E-state index in [0.717, 1.165) is 9.37 Å². The number of anilines is 1. The molecule has 0 atom stereocenters. The molecule has 1 N–H and O–H groups in total. The van der Waals surface area contributed by atoms with Gasteiger partial charge in [-0.3, -0.25) is 4.79 Å². The van der Waals surface area contributed by atoms with E-state index in [4.69, 9.17) is 4.42 Å². The van der Waals surface area contributed by atoms with E-state index in [1.54, 1.807) is 18.2 Å². The molecule has 3 aromatic rings. The van der Waals surface area contributed by atoms with Crippen LogP contribution in [0.2, 0.25) is 0 Å². The molecule has 0 bridgehead atoms. The fourth-order valence-electron chi connectivity index (χ4n) is 2.12. The Morgan fingerprint density at radius 1 is 1.12 bits per heavy atom. The third-order valence-electron chi connectivity index (χ3n) is 3.31. The van der Waals surface area contributed by atoms with Gasteiger partial charge in [0.15, 0.2) is 5.09 Å². The number of benzene rings is 2. The van der Waals surface area contributed by atoms with Gasteiger partial charge in [-0.1, -0.05) is 48.2 Å². The smallest absolute Gasteiger partial charge is 0.266 e. The van der Waals surface area contributed by atoms with Gasteiger partial charge in [-0.05, 0) is 46.3 Å². The number of para-hydroxylation sites is 1. The largest absolute Gasteiger partial charge is 0.449 e. The number of rotatable bonds is 5. The maximum atomic E-state index is 12.3. The van der Waals surface area contributed by atoms with Crippen molar-refractivity contribution in [1.82, 2.24) is 0 Å². The molecule has 1 heterocycles. The second-order valence-electron chi connectivity index (χ2n) is 5.19. The molecule has 0 spiro atoms. The van der Waals surface area contributed by atoms with Crippen LogP contribution in [-0.2, 0) is 4.79 Å². The van der Waals surface area contributed by atoms with Crippen molar-refractivity contribution in [3.63, 3.8) is 0 Å². The number of halogens is 1. The number of nitrogens with zero attached hydrogens (tertiary/aromatic N) is 1. The van der Waals surface area contributed by atoms with Crippen LogP contribution in [0.25, 0.3) is 6.08 Å². The normalized spacial score (nSPS) is 11.0. The van der Waals surface area contributed by atoms with Crippen molar-refractivity contribution >= 4 is 45.4 Å². The summed E-state index contributed by atoms with van der Waals surface area (Å²) >= 11 is 4.90. The second kappa shape index (κ2) is 8.56. The van der Waals surface area contributed by atoms with Crippen LogP contribution in [0.5, 0.6) is 0 Å². The molecule has 0 aliphatic carbocycles. The molecule has 0 saturated heterocycles. The Morgan fingerprint density at radius 3 is 2.42 bits per heavy atom. The second-order valence-corrected chi connectivity index (χ2v) is 7.09. The maximum Gasteiger partial charge on any atom is 0.266 e. The lowest BCUT2D eigenvalue weighted by atomic mass is 10.2. The average Bonchev–Trinajstić information content (AvgIpc) is 3.00. The molecule has 26 heavy (non-hydrogen) atoms. The Kier molecular flexibility index (Phi) is 5.95. The summed E-state index contributed by atoms with van der Waals surface area (Å²) < 4.78 is 6.52. The summed E-state index contributed by atoms with van der Waals surface area (Å²) in [6.45, 7) is 0. The molecule has 0 aliphatic rings. The van der Waals surface area contributed by atoms with Gasteiger partial charge in [-0.2, -0.15) is 5.26 Å². The first-order valence-corrected chi connectivity index (χ1v) is 9.27. The fourth-order valence-corrected chi connectivity index (χ4v) is 3.47. The van der Waals surface area contributed by atoms with Crippen LogP contribution in [0, 0.1) is 11.3 Å². The van der Waals surface area contributed by atoms with Gasteiger partial charge in [-0.15, -0.1) is 0 Å². The van der Waals surface area contributed by atoms with Gasteiger partial charge in [0.1, 0.15) is 17.4 Å². The predicted molar refractivity (Wildman–Crippen MR) is 106 cm³/mol. The molecule has 128 valence electrons. The van der Waals surface area contributed by atoms with Crippen molar-refractivity contribution in [1.29, 1.82) is 5.26 Å². The van der Waals surface area contributed by atoms with Crippen LogP contribution in [0.1, 0.15) is 5.76 Å². The van der Waals surface area contributed by atoms with E-state index in [1.165, 1.54) is 17.8 Å². The molecular formula is C20H13BrN2O2S. The van der Waals surface area contributed by atoms with Crippen LogP contribution < -0.4 is 5.32 Å². The summed E-state index contributed by atoms with van der Waals surface area (Å²) in [5.41, 5.74) is 0.589. The highest BCUT2D eigenvalue weighted by molar-refractivity contribution is 9.10. The summed E-state index contributed by atoms with van der Waals surface area (Å²) in [6.07, 6.45) is 1.43. The molecular weight excluding hydrogens is 412 g/mol. The predicted octanol–water partition coefficient (Wildman–Crippen LogP) is 5.74. The summed E-state index contributed by atoms with van der Waals surface area (Å²) in [4.78, 5) is 13.3. The first-order chi connectivity index (χ1) is 12.7. The lowest BCUT2D eigenvalue weighted by Gasteiger charge is -2.03. The van der Waals surface area contributed by atoms with Crippen molar-refractivity contribution in [3.05, 3.63) is 82.5 Å². The van der Waals surface area contributed by atoms with E-state index in [9.17, 15) is 10.1 Å².